The summed E-state index contributed by atoms with van der Waals surface area (Å²) in [4.78, 5) is 0. The highest BCUT2D eigenvalue weighted by Gasteiger charge is 1.37. The molecule has 0 aromatic carbocycles. The van der Waals surface area contributed by atoms with E-state index in [-0.39, 0.29) is 9.41 Å². The molecule has 5 heavy (non-hydrogen) atoms. The first-order chi connectivity index (χ1) is 1.41. The molecule has 0 rings (SSSR count). The maximum absolute atomic E-state index is 2.58. The molecule has 0 aliphatic carbocycles. The van der Waals surface area contributed by atoms with Crippen molar-refractivity contribution in [2.24, 2.45) is 0 Å². The minimum absolute atomic E-state index is 0. The monoisotopic (exact) mass is 96.0 g/mol. The fourth-order valence-corrected chi connectivity index (χ4v) is 0. The highest BCUT2D eigenvalue weighted by Crippen LogP contribution is 1.49. The van der Waals surface area contributed by atoms with Gasteiger partial charge in [0.15, 0.2) is 0 Å². The van der Waals surface area contributed by atoms with Crippen LogP contribution in [-0.4, -0.2) is 16.3 Å². The van der Waals surface area contributed by atoms with Crippen LogP contribution in [0, 0.1) is 0 Å². The van der Waals surface area contributed by atoms with Crippen LogP contribution in [0.25, 0.3) is 0 Å². The Labute approximate surface area is 38.7 Å². The van der Waals surface area contributed by atoms with E-state index in [2.05, 4.69) is 23.2 Å². The molecule has 0 N–H and O–H groups in total. The van der Waals surface area contributed by atoms with Crippen molar-refractivity contribution in [2.45, 2.75) is 12.2 Å². The first-order valence-corrected chi connectivity index (χ1v) is 1.93. The maximum Gasteiger partial charge on any atom is 0.117 e. The Morgan fingerprint density at radius 2 is 1.40 bits per heavy atom. The molecule has 2 radical (unpaired) electrons. The van der Waals surface area contributed by atoms with Gasteiger partial charge >= 0.3 is 0 Å². The van der Waals surface area contributed by atoms with Crippen LogP contribution in [-0.2, 0) is 0 Å². The van der Waals surface area contributed by atoms with Crippen molar-refractivity contribution in [1.82, 2.24) is 0 Å². The molecule has 0 aromatic rings. The third kappa shape index (κ3) is 163. The Morgan fingerprint density at radius 1 is 1.40 bits per heavy atom. The Balaban J connectivity index is -0.0000000200. The molecule has 0 nitrogen and oxygen atoms in total. The topological polar surface area (TPSA) is 0 Å². The molecule has 0 bridgehead atoms. The second-order valence-electron chi connectivity index (χ2n) is 0.408. The summed E-state index contributed by atoms with van der Waals surface area (Å²) in [5.41, 5.74) is 0. The molecule has 0 heterocycles. The molecule has 3 heteroatoms. The quantitative estimate of drug-likeness (QED) is 0.393. The van der Waals surface area contributed by atoms with Gasteiger partial charge in [-0.25, -0.2) is 0 Å². The maximum atomic E-state index is 2.58. The van der Waals surface area contributed by atoms with E-state index < -0.39 is 0 Å². The lowest BCUT2D eigenvalue weighted by molar-refractivity contribution is 1.11. The van der Waals surface area contributed by atoms with Crippen molar-refractivity contribution in [1.29, 1.82) is 0 Å². The summed E-state index contributed by atoms with van der Waals surface area (Å²) in [6.07, 6.45) is 0. The van der Waals surface area contributed by atoms with Gasteiger partial charge in [0.05, 0.1) is 0 Å². The van der Waals surface area contributed by atoms with E-state index in [0.29, 0.717) is 0 Å². The van der Waals surface area contributed by atoms with Crippen molar-refractivity contribution in [3.63, 3.8) is 0 Å². The number of rotatable bonds is 0. The average Bonchev–Trinajstić information content (AvgIpc) is 0.918. The van der Waals surface area contributed by atoms with E-state index in [0.717, 1.165) is 0 Å². The summed E-state index contributed by atoms with van der Waals surface area (Å²) in [6.45, 7) is 2.09. The van der Waals surface area contributed by atoms with Crippen molar-refractivity contribution < 1.29 is 9.41 Å². The molecule has 0 atom stereocenters. The van der Waals surface area contributed by atoms with Crippen molar-refractivity contribution in [2.75, 3.05) is 0 Å². The SMILES string of the molecule is C[CH2][Al].F.F. The molecular formula is C2H7AlF2. The van der Waals surface area contributed by atoms with Crippen LogP contribution in [0.5, 0.6) is 0 Å². The normalized spacial score (nSPS) is 3.40. The van der Waals surface area contributed by atoms with Crippen LogP contribution >= 0.6 is 0 Å². The van der Waals surface area contributed by atoms with Crippen LogP contribution < -0.4 is 0 Å². The Morgan fingerprint density at radius 3 is 1.40 bits per heavy atom. The van der Waals surface area contributed by atoms with Crippen molar-refractivity contribution in [3.8, 4) is 0 Å². The predicted octanol–water partition coefficient (Wildman–Crippen LogP) is 0.898. The zero-order valence-electron chi connectivity index (χ0n) is 3.10. The highest BCUT2D eigenvalue weighted by molar-refractivity contribution is 6.08. The van der Waals surface area contributed by atoms with E-state index >= 15 is 0 Å². The minimum Gasteiger partial charge on any atom is -0.269 e. The fourth-order valence-electron chi connectivity index (χ4n) is 0. The molecule has 0 fully saturated rings. The highest BCUT2D eigenvalue weighted by atomic mass is 27.0. The van der Waals surface area contributed by atoms with Gasteiger partial charge in [-0.05, 0) is 0 Å². The van der Waals surface area contributed by atoms with E-state index in [4.69, 9.17) is 0 Å². The lowest BCUT2D eigenvalue weighted by atomic mass is 11.0. The van der Waals surface area contributed by atoms with Crippen LogP contribution in [0.15, 0.2) is 0 Å². The zero-order valence-corrected chi connectivity index (χ0v) is 4.26. The molecule has 0 saturated carbocycles. The first kappa shape index (κ1) is 18.2. The van der Waals surface area contributed by atoms with Crippen LogP contribution in [0.4, 0.5) is 9.41 Å². The molecule has 0 spiro atoms. The number of halogens is 2. The largest absolute Gasteiger partial charge is 0.269 e. The summed E-state index contributed by atoms with van der Waals surface area (Å²) >= 11 is 2.58. The van der Waals surface area contributed by atoms with Crippen LogP contribution in [0.2, 0.25) is 5.28 Å². The minimum atomic E-state index is 0. The summed E-state index contributed by atoms with van der Waals surface area (Å²) in [7, 11) is 0. The predicted molar refractivity (Wildman–Crippen MR) is 21.2 cm³/mol. The van der Waals surface area contributed by atoms with Gasteiger partial charge in [0.1, 0.15) is 16.3 Å². The molecule has 0 aliphatic heterocycles. The Hall–Kier alpha value is 0.392. The van der Waals surface area contributed by atoms with Gasteiger partial charge in [0.25, 0.3) is 0 Å². The first-order valence-electron chi connectivity index (χ1n) is 1.12. The second-order valence-corrected chi connectivity index (χ2v) is 1.22. The van der Waals surface area contributed by atoms with Gasteiger partial charge < -0.3 is 0 Å². The van der Waals surface area contributed by atoms with Gasteiger partial charge in [0, 0.05) is 0 Å². The van der Waals surface area contributed by atoms with Gasteiger partial charge in [-0.15, -0.1) is 5.28 Å². The van der Waals surface area contributed by atoms with Crippen molar-refractivity contribution >= 4 is 16.3 Å². The van der Waals surface area contributed by atoms with E-state index in [9.17, 15) is 0 Å². The summed E-state index contributed by atoms with van der Waals surface area (Å²) in [5, 5.41) is 1.17. The Kier molecular flexibility index (Phi) is 94.8. The third-order valence-electron chi connectivity index (χ3n) is 0. The fraction of sp³-hybridized carbons (Fsp3) is 1.00. The van der Waals surface area contributed by atoms with Crippen LogP contribution in [0.1, 0.15) is 6.92 Å². The molecule has 32 valence electrons. The molecule has 0 unspecified atom stereocenters. The summed E-state index contributed by atoms with van der Waals surface area (Å²) in [5.74, 6) is 0. The number of hydrogen-bond acceptors (Lipinski definition) is 0. The zero-order chi connectivity index (χ0) is 2.71. The van der Waals surface area contributed by atoms with Gasteiger partial charge in [-0.2, -0.15) is 0 Å². The smallest absolute Gasteiger partial charge is 0.117 e. The molecule has 0 saturated heterocycles. The standard InChI is InChI=1S/C2H5.Al.2FH/c1-2;;;/h1H2,2H3;;2*1H. The van der Waals surface area contributed by atoms with E-state index in [1.165, 1.54) is 5.28 Å². The van der Waals surface area contributed by atoms with Gasteiger partial charge in [0.2, 0.25) is 0 Å². The van der Waals surface area contributed by atoms with Gasteiger partial charge in [-0.3, -0.25) is 9.41 Å². The lowest BCUT2D eigenvalue weighted by Crippen LogP contribution is -1.41. The molecule has 0 aliphatic rings. The summed E-state index contributed by atoms with van der Waals surface area (Å²) < 4.78 is 0. The summed E-state index contributed by atoms with van der Waals surface area (Å²) in [6, 6.07) is 0. The van der Waals surface area contributed by atoms with Crippen molar-refractivity contribution in [3.05, 3.63) is 0 Å². The Bertz CT molecular complexity index is 7.61. The van der Waals surface area contributed by atoms with E-state index in [1.54, 1.807) is 0 Å². The molecule has 0 amide bonds. The van der Waals surface area contributed by atoms with Crippen LogP contribution in [0.3, 0.4) is 0 Å². The van der Waals surface area contributed by atoms with E-state index in [1.807, 2.05) is 0 Å². The molecular weight excluding hydrogens is 89.0 g/mol. The second kappa shape index (κ2) is 26.1. The third-order valence-corrected chi connectivity index (χ3v) is 0. The van der Waals surface area contributed by atoms with Gasteiger partial charge in [-0.1, -0.05) is 6.92 Å². The number of hydrogen-bond donors (Lipinski definition) is 0. The average molecular weight is 96.1 g/mol. The molecule has 0 aromatic heterocycles. The lowest BCUT2D eigenvalue weighted by Gasteiger charge is -1.47.